The van der Waals surface area contributed by atoms with Gasteiger partial charge >= 0.3 is 0 Å². The minimum atomic E-state index is -0.309. The normalized spacial score (nSPS) is 11.8. The molecule has 0 saturated carbocycles. The molecule has 0 aromatic heterocycles. The van der Waals surface area contributed by atoms with Crippen LogP contribution >= 0.6 is 11.6 Å². The fourth-order valence-electron chi connectivity index (χ4n) is 1.69. The smallest absolute Gasteiger partial charge is 0.145 e. The van der Waals surface area contributed by atoms with Gasteiger partial charge in [0.15, 0.2) is 0 Å². The number of hydrogen-bond acceptors (Lipinski definition) is 1. The lowest BCUT2D eigenvalue weighted by molar-refractivity contribution is 0.510. The van der Waals surface area contributed by atoms with Gasteiger partial charge in [0, 0.05) is 12.5 Å². The molecular weight excluding hydrogens is 237 g/mol. The average molecular weight is 254 g/mol. The summed E-state index contributed by atoms with van der Waals surface area (Å²) in [5.74, 6) is 5.56. The van der Waals surface area contributed by atoms with Crippen LogP contribution in [-0.4, -0.2) is 13.1 Å². The summed E-state index contributed by atoms with van der Waals surface area (Å²) in [5.41, 5.74) is 0.654. The lowest BCUT2D eigenvalue weighted by Crippen LogP contribution is -2.27. The molecule has 1 aromatic carbocycles. The van der Waals surface area contributed by atoms with Crippen LogP contribution in [0, 0.1) is 17.7 Å². The van der Waals surface area contributed by atoms with E-state index in [-0.39, 0.29) is 16.9 Å². The van der Waals surface area contributed by atoms with Crippen molar-refractivity contribution in [1.82, 2.24) is 5.32 Å². The molecule has 17 heavy (non-hydrogen) atoms. The van der Waals surface area contributed by atoms with Crippen LogP contribution in [0.4, 0.5) is 4.39 Å². The van der Waals surface area contributed by atoms with E-state index in [1.807, 2.05) is 14.0 Å². The predicted octanol–water partition coefficient (Wildman–Crippen LogP) is 3.41. The van der Waals surface area contributed by atoms with E-state index >= 15 is 0 Å². The first-order chi connectivity index (χ1) is 8.19. The van der Waals surface area contributed by atoms with Gasteiger partial charge in [-0.05, 0) is 38.4 Å². The second-order valence-corrected chi connectivity index (χ2v) is 4.28. The molecule has 0 fully saturated rings. The number of nitrogens with one attached hydrogen (secondary N) is 1. The predicted molar refractivity (Wildman–Crippen MR) is 70.6 cm³/mol. The van der Waals surface area contributed by atoms with Gasteiger partial charge in [-0.1, -0.05) is 23.7 Å². The van der Waals surface area contributed by atoms with E-state index in [0.717, 1.165) is 12.8 Å². The quantitative estimate of drug-likeness (QED) is 0.793. The van der Waals surface area contributed by atoms with Gasteiger partial charge in [0.25, 0.3) is 0 Å². The van der Waals surface area contributed by atoms with Gasteiger partial charge < -0.3 is 5.32 Å². The Hall–Kier alpha value is -1.04. The summed E-state index contributed by atoms with van der Waals surface area (Å²) in [5, 5.41) is 3.36. The van der Waals surface area contributed by atoms with Crippen molar-refractivity contribution in [3.05, 3.63) is 34.6 Å². The minimum Gasteiger partial charge on any atom is -0.317 e. The topological polar surface area (TPSA) is 12.0 Å². The lowest BCUT2D eigenvalue weighted by atomic mass is 10.0. The second-order valence-electron chi connectivity index (χ2n) is 3.87. The average Bonchev–Trinajstić information content (AvgIpc) is 2.33. The van der Waals surface area contributed by atoms with Crippen LogP contribution in [0.15, 0.2) is 18.2 Å². The van der Waals surface area contributed by atoms with Crippen molar-refractivity contribution in [3.8, 4) is 11.8 Å². The molecule has 3 heteroatoms. The van der Waals surface area contributed by atoms with Crippen LogP contribution in [-0.2, 0) is 6.42 Å². The molecule has 0 amide bonds. The number of benzene rings is 1. The monoisotopic (exact) mass is 253 g/mol. The van der Waals surface area contributed by atoms with E-state index in [9.17, 15) is 4.39 Å². The number of halogens is 2. The van der Waals surface area contributed by atoms with Gasteiger partial charge in [0.1, 0.15) is 5.82 Å². The van der Waals surface area contributed by atoms with Crippen molar-refractivity contribution >= 4 is 11.6 Å². The zero-order valence-corrected chi connectivity index (χ0v) is 10.9. The standard InChI is InChI=1S/C14H17ClFN/c1-3-4-5-8-12(17-2)10-11-7-6-9-13(15)14(11)16/h6-7,9,12,17H,5,8,10H2,1-2H3. The highest BCUT2D eigenvalue weighted by Crippen LogP contribution is 2.19. The Morgan fingerprint density at radius 1 is 1.47 bits per heavy atom. The highest BCUT2D eigenvalue weighted by molar-refractivity contribution is 6.30. The Balaban J connectivity index is 2.66. The van der Waals surface area contributed by atoms with Crippen LogP contribution in [0.2, 0.25) is 5.02 Å². The SMILES string of the molecule is CC#CCCC(Cc1cccc(Cl)c1F)NC. The third-order valence-corrected chi connectivity index (χ3v) is 2.99. The van der Waals surface area contributed by atoms with E-state index in [2.05, 4.69) is 17.2 Å². The number of rotatable bonds is 5. The third kappa shape index (κ3) is 4.38. The summed E-state index contributed by atoms with van der Waals surface area (Å²) in [7, 11) is 1.88. The Labute approximate surface area is 107 Å². The molecule has 1 atom stereocenters. The molecule has 92 valence electrons. The van der Waals surface area contributed by atoms with Crippen molar-refractivity contribution in [1.29, 1.82) is 0 Å². The maximum absolute atomic E-state index is 13.7. The summed E-state index contributed by atoms with van der Waals surface area (Å²) >= 11 is 5.75. The first-order valence-electron chi connectivity index (χ1n) is 5.68. The van der Waals surface area contributed by atoms with E-state index in [4.69, 9.17) is 11.6 Å². The molecular formula is C14H17ClFN. The number of likely N-dealkylation sites (N-methyl/N-ethyl adjacent to an activating group) is 1. The zero-order chi connectivity index (χ0) is 12.7. The molecule has 0 spiro atoms. The summed E-state index contributed by atoms with van der Waals surface area (Å²) in [4.78, 5) is 0. The van der Waals surface area contributed by atoms with Gasteiger partial charge in [-0.25, -0.2) is 4.39 Å². The first-order valence-corrected chi connectivity index (χ1v) is 6.06. The summed E-state index contributed by atoms with van der Waals surface area (Å²) < 4.78 is 13.7. The van der Waals surface area contributed by atoms with Crippen LogP contribution < -0.4 is 5.32 Å². The van der Waals surface area contributed by atoms with Crippen LogP contribution in [0.5, 0.6) is 0 Å². The molecule has 1 unspecified atom stereocenters. The van der Waals surface area contributed by atoms with Crippen molar-refractivity contribution in [3.63, 3.8) is 0 Å². The maximum atomic E-state index is 13.7. The number of hydrogen-bond donors (Lipinski definition) is 1. The van der Waals surface area contributed by atoms with E-state index in [1.54, 1.807) is 18.2 Å². The minimum absolute atomic E-state index is 0.186. The molecule has 0 heterocycles. The van der Waals surface area contributed by atoms with Gasteiger partial charge in [0.05, 0.1) is 5.02 Å². The fourth-order valence-corrected chi connectivity index (χ4v) is 1.89. The summed E-state index contributed by atoms with van der Waals surface area (Å²) in [6, 6.07) is 5.34. The molecule has 0 bridgehead atoms. The van der Waals surface area contributed by atoms with Crippen molar-refractivity contribution in [2.75, 3.05) is 7.05 Å². The van der Waals surface area contributed by atoms with Crippen LogP contribution in [0.3, 0.4) is 0 Å². The second kappa shape index (κ2) is 7.32. The molecule has 0 aliphatic heterocycles. The molecule has 1 nitrogen and oxygen atoms in total. The molecule has 0 aliphatic carbocycles. The van der Waals surface area contributed by atoms with Gasteiger partial charge in [-0.15, -0.1) is 11.8 Å². The van der Waals surface area contributed by atoms with Crippen LogP contribution in [0.1, 0.15) is 25.3 Å². The summed E-state index contributed by atoms with van der Waals surface area (Å²) in [6.45, 7) is 1.82. The molecule has 0 aliphatic rings. The zero-order valence-electron chi connectivity index (χ0n) is 10.2. The van der Waals surface area contributed by atoms with Crippen molar-refractivity contribution in [2.45, 2.75) is 32.2 Å². The van der Waals surface area contributed by atoms with E-state index < -0.39 is 0 Å². The van der Waals surface area contributed by atoms with E-state index in [0.29, 0.717) is 12.0 Å². The molecule has 0 saturated heterocycles. The van der Waals surface area contributed by atoms with Crippen LogP contribution in [0.25, 0.3) is 0 Å². The van der Waals surface area contributed by atoms with Gasteiger partial charge in [-0.3, -0.25) is 0 Å². The van der Waals surface area contributed by atoms with Gasteiger partial charge in [-0.2, -0.15) is 0 Å². The lowest BCUT2D eigenvalue weighted by Gasteiger charge is -2.15. The van der Waals surface area contributed by atoms with Crippen molar-refractivity contribution in [2.24, 2.45) is 0 Å². The molecule has 1 N–H and O–H groups in total. The summed E-state index contributed by atoms with van der Waals surface area (Å²) in [6.07, 6.45) is 2.36. The van der Waals surface area contributed by atoms with Crippen molar-refractivity contribution < 1.29 is 4.39 Å². The molecule has 0 radical (unpaired) electrons. The first kappa shape index (κ1) is 14.0. The fraction of sp³-hybridized carbons (Fsp3) is 0.429. The Bertz CT molecular complexity index is 420. The molecule has 1 aromatic rings. The highest BCUT2D eigenvalue weighted by Gasteiger charge is 2.11. The molecule has 1 rings (SSSR count). The van der Waals surface area contributed by atoms with Gasteiger partial charge in [0.2, 0.25) is 0 Å². The Morgan fingerprint density at radius 3 is 2.88 bits per heavy atom. The Morgan fingerprint density at radius 2 is 2.24 bits per heavy atom. The Kier molecular flexibility index (Phi) is 6.04. The third-order valence-electron chi connectivity index (χ3n) is 2.70. The van der Waals surface area contributed by atoms with E-state index in [1.165, 1.54) is 0 Å². The maximum Gasteiger partial charge on any atom is 0.145 e. The largest absolute Gasteiger partial charge is 0.317 e. The highest BCUT2D eigenvalue weighted by atomic mass is 35.5.